The Balaban J connectivity index is -0.0000000480. The van der Waals surface area contributed by atoms with E-state index in [2.05, 4.69) is 20.3 Å². The number of carbonyl (C=O) groups excluding carboxylic acids is 1. The van der Waals surface area contributed by atoms with E-state index in [1.807, 2.05) is 12.1 Å². The van der Waals surface area contributed by atoms with Crippen molar-refractivity contribution in [3.05, 3.63) is 76.0 Å². The van der Waals surface area contributed by atoms with Gasteiger partial charge in [-0.1, -0.05) is 6.07 Å². The van der Waals surface area contributed by atoms with Crippen molar-refractivity contribution in [2.24, 2.45) is 0 Å². The maximum atomic E-state index is 13.9. The fraction of sp³-hybridized carbons (Fsp3) is 0.182. The van der Waals surface area contributed by atoms with Crippen LogP contribution in [0.3, 0.4) is 0 Å². The van der Waals surface area contributed by atoms with Gasteiger partial charge in [-0.25, -0.2) is 19.7 Å². The number of nitro groups is 1. The Labute approximate surface area is 1290 Å². The van der Waals surface area contributed by atoms with E-state index < -0.39 is 22.4 Å². The van der Waals surface area contributed by atoms with Crippen molar-refractivity contribution in [3.8, 4) is 11.4 Å². The first-order valence-electron chi connectivity index (χ1n) is 29.0. The first kappa shape index (κ1) is 165. The number of rotatable bonds is 6. The van der Waals surface area contributed by atoms with Gasteiger partial charge in [0.05, 0.1) is 28.6 Å². The van der Waals surface area contributed by atoms with Crippen molar-refractivity contribution in [1.82, 2.24) is 19.4 Å². The molecule has 10 nitrogen and oxygen atoms in total. The maximum absolute atomic E-state index is 13.9. The van der Waals surface area contributed by atoms with E-state index in [1.54, 1.807) is 43.6 Å². The van der Waals surface area contributed by atoms with Crippen molar-refractivity contribution in [2.45, 2.75) is 26.9 Å². The molecule has 0 aliphatic carbocycles. The summed E-state index contributed by atoms with van der Waals surface area (Å²) in [4.78, 5) is 36.0. The molecule has 0 saturated carbocycles. The third-order valence-electron chi connectivity index (χ3n) is 4.75. The molecular formula is C22H19FK38N6O4. The van der Waals surface area contributed by atoms with Crippen molar-refractivity contribution in [2.75, 3.05) is 5.32 Å². The molecule has 3 aromatic heterocycles. The molecule has 0 unspecified atom stereocenters. The predicted octanol–water partition coefficient (Wildman–Crippen LogP) is -10.0. The second kappa shape index (κ2) is 170. The number of pyridine rings is 1. The Morgan fingerprint density at radius 1 is 0.606 bits per heavy atom. The molecule has 71 heavy (non-hydrogen) atoms. The van der Waals surface area contributed by atoms with Gasteiger partial charge in [0.2, 0.25) is 11.8 Å². The molecule has 0 aliphatic rings. The minimum absolute atomic E-state index is 0.0565. The van der Waals surface area contributed by atoms with Gasteiger partial charge in [-0.3, -0.25) is 14.5 Å². The third-order valence-corrected chi connectivity index (χ3v) is 4.75. The number of nitrogens with one attached hydrogen (secondary N) is 1. The quantitative estimate of drug-likeness (QED) is 0.0876. The van der Waals surface area contributed by atoms with Gasteiger partial charge >= 0.3 is 1210 Å². The number of esters is 1. The van der Waals surface area contributed by atoms with Gasteiger partial charge in [0, 0.05) is 18.5 Å². The van der Waals surface area contributed by atoms with Gasteiger partial charge in [0.15, 0.2) is 0 Å². The number of ether oxygens (including phenoxy) is 1. The van der Waals surface area contributed by atoms with Gasteiger partial charge in [0.25, 0.3) is 0 Å². The Hall–Kier alpha value is 57.8. The fourth-order valence-electron chi connectivity index (χ4n) is 3.23. The van der Waals surface area contributed by atoms with E-state index >= 15 is 0 Å². The van der Waals surface area contributed by atoms with Crippen LogP contribution in [0.25, 0.3) is 17.0 Å². The first-order valence-corrected chi connectivity index (χ1v) is 333. The summed E-state index contributed by atoms with van der Waals surface area (Å²) in [5, 5.41) is 14.0. The number of halogens is 1. The van der Waals surface area contributed by atoms with Crippen molar-refractivity contribution < 1.29 is 18.8 Å². The average Bonchev–Trinajstić information content (AvgIpc) is 3.93. The molecule has 0 radical (unpaired) electrons. The normalized spacial score (nSPS) is 7.28. The van der Waals surface area contributed by atoms with Crippen LogP contribution in [0.15, 0.2) is 48.9 Å². The van der Waals surface area contributed by atoms with E-state index in [-0.39, 0.29) is 29.0 Å². The molecule has 0 bridgehead atoms. The molecule has 0 aliphatic heterocycles. The van der Waals surface area contributed by atoms with Crippen LogP contribution in [-0.2, 0) is 4.74 Å². The molecule has 4 rings (SSSR count). The molecule has 49 heteroatoms. The number of aromatic nitrogens is 4. The number of imidazole rings is 1. The number of anilines is 2. The van der Waals surface area contributed by atoms with Gasteiger partial charge in [-0.15, -0.1) is 0 Å². The topological polar surface area (TPSA) is 125 Å². The summed E-state index contributed by atoms with van der Waals surface area (Å²) in [6, 6.07) is 7.57. The van der Waals surface area contributed by atoms with Crippen LogP contribution < -0.4 is 5.32 Å². The summed E-state index contributed by atoms with van der Waals surface area (Å²) in [5.74, 6) is -1.49. The molecular weight excluding hydrogens is 1920 g/mol. The summed E-state index contributed by atoms with van der Waals surface area (Å²) < 4.78 is 21.0. The molecule has 1 N–H and O–H groups in total. The number of aryl methyl sites for hydroxylation is 1. The van der Waals surface area contributed by atoms with Gasteiger partial charge in [0.1, 0.15) is 16.9 Å². The Morgan fingerprint density at radius 2 is 0.972 bits per heavy atom. The predicted molar refractivity (Wildman–Crippen MR) is 336 cm³/mol. The zero-order valence-electron chi connectivity index (χ0n) is 55.9. The number of hydrogen-bond acceptors (Lipinski definition) is 8. The van der Waals surface area contributed by atoms with Crippen LogP contribution in [0.2, 0.25) is 0 Å². The number of hydrogen-bond donors (Lipinski definition) is 1. The van der Waals surface area contributed by atoms with E-state index in [0.717, 1.165) is 12.1 Å². The average molecular weight is 1940 g/mol. The third kappa shape index (κ3) is 126. The van der Waals surface area contributed by atoms with E-state index in [9.17, 15) is 19.3 Å². The van der Waals surface area contributed by atoms with Crippen LogP contribution in [0.1, 0.15) is 29.8 Å². The summed E-state index contributed by atoms with van der Waals surface area (Å²) >= 11 is 47.5. The molecule has 0 amide bonds. The zero-order valence-corrected chi connectivity index (χ0v) is 175. The van der Waals surface area contributed by atoms with Crippen LogP contribution in [0, 0.1) is 22.9 Å². The monoisotopic (exact) mass is 1930 g/mol. The molecule has 4 aromatic rings. The summed E-state index contributed by atoms with van der Waals surface area (Å²) in [6.07, 6.45) is 4.30. The van der Waals surface area contributed by atoms with Gasteiger partial charge in [-0.2, -0.15) is 4.39 Å². The van der Waals surface area contributed by atoms with Crippen molar-refractivity contribution in [3.63, 3.8) is 0 Å². The van der Waals surface area contributed by atoms with E-state index in [1.165, 1.54) is 1210 Å². The second-order valence-corrected chi connectivity index (χ2v) is 7.48. The summed E-state index contributed by atoms with van der Waals surface area (Å²) in [6.45, 7) is 5.05. The molecule has 0 saturated heterocycles. The summed E-state index contributed by atoms with van der Waals surface area (Å²) in [7, 11) is 0. The van der Waals surface area contributed by atoms with Crippen molar-refractivity contribution >= 4 is 1230 Å². The number of carbonyl (C=O) groups is 1. The van der Waals surface area contributed by atoms with Crippen LogP contribution in [-0.4, -0.2) is 1240 Å². The van der Waals surface area contributed by atoms with Gasteiger partial charge < -0.3 is 10.1 Å². The van der Waals surface area contributed by atoms with Crippen LogP contribution >= 0.6 is 0 Å². The number of nitrogens with zero attached hydrogens (tertiary/aromatic N) is 5. The van der Waals surface area contributed by atoms with Gasteiger partial charge in [-0.05, 0) is 44.5 Å². The molecule has 0 atom stereocenters. The van der Waals surface area contributed by atoms with E-state index in [4.69, 9.17) is 4.74 Å². The Bertz CT molecular complexity index is 1460. The van der Waals surface area contributed by atoms with Crippen LogP contribution in [0.4, 0.5) is 21.7 Å². The molecule has 3 heterocycles. The first-order chi connectivity index (χ1) is 34.7. The molecule has 0 spiro atoms. The molecule has 206 valence electrons. The second-order valence-electron chi connectivity index (χ2n) is 7.48. The Kier molecular flexibility index (Phi) is 397. The van der Waals surface area contributed by atoms with E-state index in [0.29, 0.717) is 16.9 Å². The fourth-order valence-corrected chi connectivity index (χ4v) is 3.23. The molecule has 1 aromatic carbocycles. The SMILES string of the molecule is Cc1cc(F)c([N+](=O)[O-])cc1Nc1ncc(C(=O)OC(C)C)c(-c2cnc3ccccn23)n1.[K][K].[K][K].[K][K].[K][K].[K][K].[K][K].[K][K].[K][K].[K][K].[K][K].[K][K].[K][K].[K][K].[K][K].[K][K].[K][K].[K][K].[K][K].[K][K]. The summed E-state index contributed by atoms with van der Waals surface area (Å²) in [5.41, 5.74) is 1.54. The number of benzene rings is 1. The number of nitro benzene ring substituents is 1. The van der Waals surface area contributed by atoms with Crippen molar-refractivity contribution in [1.29, 1.82) is 0 Å². The Morgan fingerprint density at radius 3 is 1.31 bits per heavy atom. The standard InChI is InChI=1S/C22H19FN6O4.38K/c1-12(2)33-21(30)14-10-25-22(26-16-9-17(29(31)32)15(23)8-13(16)3)27-20(14)18-11-24-19-6-4-5-7-28(18)19;;;;;;;;;;;;;;;;;;;;;;;;;;;;;;;;;;;;;;/h4-12H,1-3H3,(H,25,26,27);;;;;;;;;;;;;;;;;;;;;;;;;;;;;;;;;;;;;;. The zero-order chi connectivity index (χ0) is 61.7. The minimum atomic E-state index is -0.942. The number of fused-ring (bicyclic) bond motifs is 1. The molecule has 0 fully saturated rings. The van der Waals surface area contributed by atoms with Crippen LogP contribution in [0.5, 0.6) is 0 Å².